The first-order valence-electron chi connectivity index (χ1n) is 8.87. The Labute approximate surface area is 150 Å². The standard InChI is InChI=1S/C21H26N2O2/c1-16-9-10-17(2)20(15-16)25-18(3)21(24)23-13-11-22(12-14-23)19-7-5-4-6-8-19/h4-10,15,18H,11-14H2,1-3H3/t18-/m1/s1. The van der Waals surface area contributed by atoms with Crippen LogP contribution in [0.5, 0.6) is 5.75 Å². The average molecular weight is 338 g/mol. The normalized spacial score (nSPS) is 15.8. The molecule has 1 amide bonds. The molecule has 0 aromatic heterocycles. The fraction of sp³-hybridized carbons (Fsp3) is 0.381. The molecule has 1 aliphatic rings. The zero-order valence-corrected chi connectivity index (χ0v) is 15.2. The van der Waals surface area contributed by atoms with Crippen molar-refractivity contribution in [1.29, 1.82) is 0 Å². The van der Waals surface area contributed by atoms with Gasteiger partial charge < -0.3 is 14.5 Å². The van der Waals surface area contributed by atoms with Crippen molar-refractivity contribution in [3.8, 4) is 5.75 Å². The highest BCUT2D eigenvalue weighted by Gasteiger charge is 2.26. The molecule has 3 rings (SSSR count). The maximum Gasteiger partial charge on any atom is 0.263 e. The van der Waals surface area contributed by atoms with Crippen molar-refractivity contribution in [2.75, 3.05) is 31.1 Å². The Morgan fingerprint density at radius 2 is 1.68 bits per heavy atom. The molecular formula is C21H26N2O2. The molecule has 25 heavy (non-hydrogen) atoms. The molecule has 0 bridgehead atoms. The van der Waals surface area contributed by atoms with Crippen molar-refractivity contribution in [2.24, 2.45) is 0 Å². The number of piperazine rings is 1. The number of amides is 1. The number of hydrogen-bond donors (Lipinski definition) is 0. The zero-order valence-electron chi connectivity index (χ0n) is 15.2. The van der Waals surface area contributed by atoms with Gasteiger partial charge in [-0.05, 0) is 50.1 Å². The second kappa shape index (κ2) is 7.60. The second-order valence-electron chi connectivity index (χ2n) is 6.68. The number of anilines is 1. The number of rotatable bonds is 4. The van der Waals surface area contributed by atoms with Crippen LogP contribution < -0.4 is 9.64 Å². The summed E-state index contributed by atoms with van der Waals surface area (Å²) in [5.41, 5.74) is 3.41. The minimum atomic E-state index is -0.469. The number of carbonyl (C=O) groups is 1. The Kier molecular flexibility index (Phi) is 5.27. The maximum absolute atomic E-state index is 12.7. The molecule has 0 aliphatic carbocycles. The molecule has 1 atom stereocenters. The lowest BCUT2D eigenvalue weighted by atomic mass is 10.1. The molecule has 1 fully saturated rings. The van der Waals surface area contributed by atoms with E-state index in [0.717, 1.165) is 43.1 Å². The van der Waals surface area contributed by atoms with Gasteiger partial charge in [0.15, 0.2) is 6.10 Å². The topological polar surface area (TPSA) is 32.8 Å². The summed E-state index contributed by atoms with van der Waals surface area (Å²) in [6, 6.07) is 16.4. The van der Waals surface area contributed by atoms with E-state index in [0.29, 0.717) is 0 Å². The van der Waals surface area contributed by atoms with Gasteiger partial charge >= 0.3 is 0 Å². The van der Waals surface area contributed by atoms with E-state index < -0.39 is 6.10 Å². The number of ether oxygens (including phenoxy) is 1. The third-order valence-electron chi connectivity index (χ3n) is 4.71. The minimum Gasteiger partial charge on any atom is -0.481 e. The quantitative estimate of drug-likeness (QED) is 0.856. The summed E-state index contributed by atoms with van der Waals surface area (Å²) in [4.78, 5) is 17.0. The molecule has 2 aromatic rings. The van der Waals surface area contributed by atoms with Crippen LogP contribution in [0.1, 0.15) is 18.1 Å². The average Bonchev–Trinajstić information content (AvgIpc) is 2.65. The van der Waals surface area contributed by atoms with Gasteiger partial charge in [0, 0.05) is 31.9 Å². The number of carbonyl (C=O) groups excluding carboxylic acids is 1. The minimum absolute atomic E-state index is 0.0635. The summed E-state index contributed by atoms with van der Waals surface area (Å²) in [5.74, 6) is 0.859. The largest absolute Gasteiger partial charge is 0.481 e. The van der Waals surface area contributed by atoms with Crippen LogP contribution in [0.4, 0.5) is 5.69 Å². The van der Waals surface area contributed by atoms with E-state index in [1.54, 1.807) is 0 Å². The van der Waals surface area contributed by atoms with Gasteiger partial charge in [0.2, 0.25) is 0 Å². The summed E-state index contributed by atoms with van der Waals surface area (Å²) >= 11 is 0. The third kappa shape index (κ3) is 4.13. The lowest BCUT2D eigenvalue weighted by Crippen LogP contribution is -2.52. The molecule has 132 valence electrons. The first-order chi connectivity index (χ1) is 12.0. The van der Waals surface area contributed by atoms with E-state index in [1.165, 1.54) is 5.69 Å². The van der Waals surface area contributed by atoms with E-state index in [9.17, 15) is 4.79 Å². The van der Waals surface area contributed by atoms with Crippen molar-refractivity contribution < 1.29 is 9.53 Å². The summed E-state index contributed by atoms with van der Waals surface area (Å²) in [6.07, 6.45) is -0.469. The Morgan fingerprint density at radius 1 is 1.00 bits per heavy atom. The number of nitrogens with zero attached hydrogens (tertiary/aromatic N) is 2. The third-order valence-corrected chi connectivity index (χ3v) is 4.71. The van der Waals surface area contributed by atoms with Gasteiger partial charge in [0.05, 0.1) is 0 Å². The molecule has 4 nitrogen and oxygen atoms in total. The molecule has 1 aliphatic heterocycles. The van der Waals surface area contributed by atoms with Crippen LogP contribution in [0.15, 0.2) is 48.5 Å². The summed E-state index contributed by atoms with van der Waals surface area (Å²) in [5, 5.41) is 0. The molecule has 0 saturated carbocycles. The number of hydrogen-bond acceptors (Lipinski definition) is 3. The molecule has 2 aromatic carbocycles. The fourth-order valence-electron chi connectivity index (χ4n) is 3.16. The predicted octanol–water partition coefficient (Wildman–Crippen LogP) is 3.42. The van der Waals surface area contributed by atoms with Crippen LogP contribution in [-0.4, -0.2) is 43.1 Å². The predicted molar refractivity (Wildman–Crippen MR) is 101 cm³/mol. The fourth-order valence-corrected chi connectivity index (χ4v) is 3.16. The van der Waals surface area contributed by atoms with Crippen molar-refractivity contribution in [3.05, 3.63) is 59.7 Å². The van der Waals surface area contributed by atoms with Gasteiger partial charge in [0.25, 0.3) is 5.91 Å². The lowest BCUT2D eigenvalue weighted by Gasteiger charge is -2.37. The van der Waals surface area contributed by atoms with Crippen LogP contribution in [0.2, 0.25) is 0 Å². The molecule has 0 spiro atoms. The van der Waals surface area contributed by atoms with Crippen LogP contribution in [0.3, 0.4) is 0 Å². The number of benzene rings is 2. The van der Waals surface area contributed by atoms with Gasteiger partial charge in [0.1, 0.15) is 5.75 Å². The lowest BCUT2D eigenvalue weighted by molar-refractivity contribution is -0.138. The summed E-state index contributed by atoms with van der Waals surface area (Å²) in [7, 11) is 0. The molecular weight excluding hydrogens is 312 g/mol. The van der Waals surface area contributed by atoms with Crippen molar-refractivity contribution >= 4 is 11.6 Å². The van der Waals surface area contributed by atoms with Crippen LogP contribution in [0.25, 0.3) is 0 Å². The molecule has 0 radical (unpaired) electrons. The highest BCUT2D eigenvalue weighted by molar-refractivity contribution is 5.81. The van der Waals surface area contributed by atoms with Crippen LogP contribution in [-0.2, 0) is 4.79 Å². The second-order valence-corrected chi connectivity index (χ2v) is 6.68. The first kappa shape index (κ1) is 17.3. The summed E-state index contributed by atoms with van der Waals surface area (Å²) < 4.78 is 5.95. The Hall–Kier alpha value is -2.49. The van der Waals surface area contributed by atoms with Gasteiger partial charge in [-0.15, -0.1) is 0 Å². The molecule has 0 N–H and O–H groups in total. The molecule has 1 heterocycles. The van der Waals surface area contributed by atoms with Gasteiger partial charge in [-0.25, -0.2) is 0 Å². The highest BCUT2D eigenvalue weighted by Crippen LogP contribution is 2.21. The van der Waals surface area contributed by atoms with Crippen LogP contribution in [0, 0.1) is 13.8 Å². The Bertz CT molecular complexity index is 722. The van der Waals surface area contributed by atoms with E-state index in [-0.39, 0.29) is 5.91 Å². The summed E-state index contributed by atoms with van der Waals surface area (Å²) in [6.45, 7) is 9.04. The van der Waals surface area contributed by atoms with E-state index in [4.69, 9.17) is 4.74 Å². The number of para-hydroxylation sites is 1. The zero-order chi connectivity index (χ0) is 17.8. The number of aryl methyl sites for hydroxylation is 2. The monoisotopic (exact) mass is 338 g/mol. The Balaban J connectivity index is 1.57. The maximum atomic E-state index is 12.7. The highest BCUT2D eigenvalue weighted by atomic mass is 16.5. The van der Waals surface area contributed by atoms with E-state index in [1.807, 2.05) is 56.0 Å². The van der Waals surface area contributed by atoms with Crippen molar-refractivity contribution in [2.45, 2.75) is 26.9 Å². The van der Waals surface area contributed by atoms with Crippen molar-refractivity contribution in [3.63, 3.8) is 0 Å². The first-order valence-corrected chi connectivity index (χ1v) is 8.87. The SMILES string of the molecule is Cc1ccc(C)c(O[C@H](C)C(=O)N2CCN(c3ccccc3)CC2)c1. The van der Waals surface area contributed by atoms with Gasteiger partial charge in [-0.3, -0.25) is 4.79 Å². The smallest absolute Gasteiger partial charge is 0.263 e. The van der Waals surface area contributed by atoms with E-state index >= 15 is 0 Å². The van der Waals surface area contributed by atoms with Crippen LogP contribution >= 0.6 is 0 Å². The molecule has 1 saturated heterocycles. The van der Waals surface area contributed by atoms with Gasteiger partial charge in [-0.1, -0.05) is 30.3 Å². The molecule has 0 unspecified atom stereocenters. The molecule has 4 heteroatoms. The van der Waals surface area contributed by atoms with Crippen molar-refractivity contribution in [1.82, 2.24) is 4.90 Å². The Morgan fingerprint density at radius 3 is 2.36 bits per heavy atom. The van der Waals surface area contributed by atoms with E-state index in [2.05, 4.69) is 23.1 Å². The van der Waals surface area contributed by atoms with Gasteiger partial charge in [-0.2, -0.15) is 0 Å².